The van der Waals surface area contributed by atoms with Gasteiger partial charge in [-0.2, -0.15) is 0 Å². The highest BCUT2D eigenvalue weighted by Gasteiger charge is 2.27. The number of hydrogen-bond acceptors (Lipinski definition) is 12. The molecule has 0 saturated carbocycles. The first-order valence-corrected chi connectivity index (χ1v) is 20.1. The lowest BCUT2D eigenvalue weighted by Crippen LogP contribution is -2.51. The van der Waals surface area contributed by atoms with E-state index in [1.54, 1.807) is 0 Å². The Bertz CT molecular complexity index is 2250. The summed E-state index contributed by atoms with van der Waals surface area (Å²) < 4.78 is 14.1. The molecular formula is C40H48FN9O16. The van der Waals surface area contributed by atoms with Gasteiger partial charge in [0, 0.05) is 42.6 Å². The number of halogens is 1. The van der Waals surface area contributed by atoms with E-state index in [9.17, 15) is 72.8 Å². The summed E-state index contributed by atoms with van der Waals surface area (Å²) in [5.41, 5.74) is 1.20. The summed E-state index contributed by atoms with van der Waals surface area (Å²) in [6.45, 7) is -0.595. The molecule has 0 fully saturated rings. The standard InChI is InChI=1S/C40H48FN9O16/c41-14-3-4-25-20-50(49-48-25)26-18-22(33(55)42-15-2-1-5-27(35(57)58)44-39(65)45-28(36(59)60)10-12-31(51)52)17-23(19-26)34(56)43-24-8-6-21(7-9-24)16-30(38(63)64)47-40(66)46-29(37(61)62)11-13-32(53)54/h6-9,17-20,27-30H,1-5,10-16H2,(H,42,55)(H,43,56)(H,51,52)(H,53,54)(H,57,58)(H,59,60)(H,61,62)(H,63,64)(H2,44,45,65)(H2,46,47,66). The van der Waals surface area contributed by atoms with E-state index < -0.39 is 116 Å². The highest BCUT2D eigenvalue weighted by molar-refractivity contribution is 6.06. The van der Waals surface area contributed by atoms with Gasteiger partial charge in [0.15, 0.2) is 0 Å². The number of hydrogen-bond donors (Lipinski definition) is 12. The summed E-state index contributed by atoms with van der Waals surface area (Å²) in [5.74, 6) is -9.88. The molecular weight excluding hydrogens is 881 g/mol. The van der Waals surface area contributed by atoms with E-state index in [2.05, 4.69) is 31.6 Å². The number of aliphatic carboxylic acids is 6. The third-order valence-corrected chi connectivity index (χ3v) is 9.38. The number of amides is 6. The van der Waals surface area contributed by atoms with Gasteiger partial charge in [-0.1, -0.05) is 17.3 Å². The van der Waals surface area contributed by atoms with Crippen molar-refractivity contribution in [2.24, 2.45) is 0 Å². The Labute approximate surface area is 373 Å². The smallest absolute Gasteiger partial charge is 0.326 e. The topological polar surface area (TPSA) is 395 Å². The summed E-state index contributed by atoms with van der Waals surface area (Å²) in [7, 11) is 0. The molecule has 26 heteroatoms. The van der Waals surface area contributed by atoms with Gasteiger partial charge >= 0.3 is 47.9 Å². The van der Waals surface area contributed by atoms with Crippen LogP contribution >= 0.6 is 0 Å². The van der Waals surface area contributed by atoms with Gasteiger partial charge in [0.05, 0.1) is 24.3 Å². The van der Waals surface area contributed by atoms with Crippen LogP contribution in [0.25, 0.3) is 5.69 Å². The molecule has 1 aromatic heterocycles. The van der Waals surface area contributed by atoms with Crippen molar-refractivity contribution < 1.29 is 83.0 Å². The zero-order chi connectivity index (χ0) is 48.9. The fraction of sp³-hybridized carbons (Fsp3) is 0.400. The average Bonchev–Trinajstić information content (AvgIpc) is 3.74. The summed E-state index contributed by atoms with van der Waals surface area (Å²) >= 11 is 0. The lowest BCUT2D eigenvalue weighted by Gasteiger charge is -2.18. The maximum Gasteiger partial charge on any atom is 0.326 e. The van der Waals surface area contributed by atoms with E-state index in [0.717, 1.165) is 0 Å². The molecule has 0 aliphatic rings. The zero-order valence-electron chi connectivity index (χ0n) is 34.9. The third kappa shape index (κ3) is 17.9. The number of aromatic nitrogens is 3. The van der Waals surface area contributed by atoms with Crippen molar-refractivity contribution in [1.29, 1.82) is 0 Å². The normalized spacial score (nSPS) is 12.6. The highest BCUT2D eigenvalue weighted by Crippen LogP contribution is 2.19. The number of carboxylic acids is 6. The van der Waals surface area contributed by atoms with Gasteiger partial charge in [0.1, 0.15) is 24.2 Å². The maximum absolute atomic E-state index is 13.6. The van der Waals surface area contributed by atoms with Crippen LogP contribution in [-0.4, -0.2) is 143 Å². The molecule has 1 heterocycles. The van der Waals surface area contributed by atoms with Gasteiger partial charge in [0.25, 0.3) is 11.8 Å². The van der Waals surface area contributed by atoms with E-state index in [-0.39, 0.29) is 67.6 Å². The van der Waals surface area contributed by atoms with Gasteiger partial charge in [-0.3, -0.25) is 23.6 Å². The van der Waals surface area contributed by atoms with Gasteiger partial charge in [-0.15, -0.1) is 5.10 Å². The Hall–Kier alpha value is -8.19. The van der Waals surface area contributed by atoms with Gasteiger partial charge in [0.2, 0.25) is 0 Å². The molecule has 356 valence electrons. The van der Waals surface area contributed by atoms with Crippen LogP contribution < -0.4 is 31.9 Å². The summed E-state index contributed by atoms with van der Waals surface area (Å²) in [6.07, 6.45) is -0.147. The van der Waals surface area contributed by atoms with Gasteiger partial charge in [-0.05, 0) is 80.8 Å². The molecule has 0 radical (unpaired) electrons. The third-order valence-electron chi connectivity index (χ3n) is 9.38. The van der Waals surface area contributed by atoms with E-state index in [0.29, 0.717) is 11.3 Å². The SMILES string of the molecule is O=C(O)CCC(NC(=O)NC(CCCCNC(=O)c1cc(C(=O)Nc2ccc(CC(NC(=O)NC(CCC(=O)O)C(=O)O)C(=O)O)cc2)cc(-n2cc(CCCF)nn2)c1)C(=O)O)C(=O)O. The predicted octanol–water partition coefficient (Wildman–Crippen LogP) is 1.01. The molecule has 3 rings (SSSR count). The molecule has 0 aliphatic carbocycles. The summed E-state index contributed by atoms with van der Waals surface area (Å²) in [6, 6.07) is 1.36. The Morgan fingerprint density at radius 2 is 1.11 bits per heavy atom. The van der Waals surface area contributed by atoms with Crippen LogP contribution in [-0.2, 0) is 41.6 Å². The van der Waals surface area contributed by atoms with Crippen molar-refractivity contribution in [1.82, 2.24) is 41.6 Å². The lowest BCUT2D eigenvalue weighted by atomic mass is 10.0. The Kier molecular flexibility index (Phi) is 20.4. The second-order valence-electron chi connectivity index (χ2n) is 14.5. The van der Waals surface area contributed by atoms with Crippen molar-refractivity contribution >= 4 is 65.4 Å². The number of carbonyl (C=O) groups excluding carboxylic acids is 4. The fourth-order valence-corrected chi connectivity index (χ4v) is 5.96. The molecule has 6 amide bonds. The zero-order valence-corrected chi connectivity index (χ0v) is 34.9. The minimum absolute atomic E-state index is 0.00102. The number of alkyl halides is 1. The minimum Gasteiger partial charge on any atom is -0.481 e. The lowest BCUT2D eigenvalue weighted by molar-refractivity contribution is -0.142. The van der Waals surface area contributed by atoms with Gasteiger partial charge in [-0.25, -0.2) is 33.4 Å². The number of unbranched alkanes of at least 4 members (excludes halogenated alkanes) is 1. The molecule has 0 spiro atoms. The van der Waals surface area contributed by atoms with Crippen LogP contribution in [0.15, 0.2) is 48.7 Å². The molecule has 3 aromatic rings. The van der Waals surface area contributed by atoms with Crippen molar-refractivity contribution in [2.45, 2.75) is 88.4 Å². The Balaban J connectivity index is 1.69. The summed E-state index contributed by atoms with van der Waals surface area (Å²) in [4.78, 5) is 120. The number of urea groups is 2. The minimum atomic E-state index is -1.60. The van der Waals surface area contributed by atoms with Crippen LogP contribution in [0.5, 0.6) is 0 Å². The summed E-state index contributed by atoms with van der Waals surface area (Å²) in [5, 5.41) is 77.1. The van der Waals surface area contributed by atoms with Crippen LogP contribution in [0.2, 0.25) is 0 Å². The van der Waals surface area contributed by atoms with Crippen LogP contribution in [0.4, 0.5) is 19.7 Å². The molecule has 25 nitrogen and oxygen atoms in total. The van der Waals surface area contributed by atoms with Crippen molar-refractivity contribution in [3.05, 3.63) is 71.0 Å². The number of carboxylic acid groups (broad SMARTS) is 6. The average molecular weight is 930 g/mol. The Morgan fingerprint density at radius 1 is 0.606 bits per heavy atom. The molecule has 4 atom stereocenters. The number of nitrogens with one attached hydrogen (secondary N) is 6. The monoisotopic (exact) mass is 929 g/mol. The second kappa shape index (κ2) is 25.8. The van der Waals surface area contributed by atoms with Crippen LogP contribution in [0.3, 0.4) is 0 Å². The molecule has 66 heavy (non-hydrogen) atoms. The number of anilines is 1. The van der Waals surface area contributed by atoms with Crippen molar-refractivity contribution in [2.75, 3.05) is 18.5 Å². The molecule has 0 aliphatic heterocycles. The molecule has 12 N–H and O–H groups in total. The first-order valence-electron chi connectivity index (χ1n) is 20.1. The maximum atomic E-state index is 13.6. The van der Waals surface area contributed by atoms with Crippen LogP contribution in [0.1, 0.15) is 83.3 Å². The quantitative estimate of drug-likeness (QED) is 0.0452. The first-order chi connectivity index (χ1) is 31.3. The number of nitrogens with zero attached hydrogens (tertiary/aromatic N) is 3. The molecule has 0 bridgehead atoms. The second-order valence-corrected chi connectivity index (χ2v) is 14.5. The van der Waals surface area contributed by atoms with E-state index in [1.165, 1.54) is 53.3 Å². The Morgan fingerprint density at radius 3 is 1.61 bits per heavy atom. The molecule has 4 unspecified atom stereocenters. The predicted molar refractivity (Wildman–Crippen MR) is 223 cm³/mol. The van der Waals surface area contributed by atoms with Crippen LogP contribution in [0, 0.1) is 0 Å². The fourth-order valence-electron chi connectivity index (χ4n) is 5.96. The number of rotatable bonds is 28. The number of aryl methyl sites for hydroxylation is 1. The molecule has 2 aromatic carbocycles. The largest absolute Gasteiger partial charge is 0.481 e. The van der Waals surface area contributed by atoms with Crippen molar-refractivity contribution in [3.8, 4) is 5.69 Å². The van der Waals surface area contributed by atoms with Gasteiger partial charge < -0.3 is 62.5 Å². The molecule has 0 saturated heterocycles. The number of benzene rings is 2. The van der Waals surface area contributed by atoms with E-state index in [4.69, 9.17) is 10.2 Å². The van der Waals surface area contributed by atoms with E-state index >= 15 is 0 Å². The van der Waals surface area contributed by atoms with Crippen molar-refractivity contribution in [3.63, 3.8) is 0 Å². The number of carbonyl (C=O) groups is 10. The highest BCUT2D eigenvalue weighted by atomic mass is 19.1. The van der Waals surface area contributed by atoms with E-state index in [1.807, 2.05) is 10.6 Å². The first kappa shape index (κ1) is 52.2.